The molecule has 1 aromatic carbocycles. The van der Waals surface area contributed by atoms with Crippen molar-refractivity contribution in [1.29, 1.82) is 0 Å². The Morgan fingerprint density at radius 1 is 1.15 bits per heavy atom. The van der Waals surface area contributed by atoms with Crippen molar-refractivity contribution in [3.05, 3.63) is 42.0 Å². The van der Waals surface area contributed by atoms with Crippen molar-refractivity contribution in [2.75, 3.05) is 13.1 Å². The van der Waals surface area contributed by atoms with Gasteiger partial charge in [-0.2, -0.15) is 5.10 Å². The lowest BCUT2D eigenvalue weighted by Crippen LogP contribution is -2.41. The number of hydrogen-bond acceptors (Lipinski definition) is 5. The van der Waals surface area contributed by atoms with Crippen molar-refractivity contribution in [3.8, 4) is 10.4 Å². The van der Waals surface area contributed by atoms with E-state index >= 15 is 0 Å². The molecule has 4 aromatic rings. The number of ether oxygens (including phenoxy) is 1. The van der Waals surface area contributed by atoms with Gasteiger partial charge in [0.05, 0.1) is 10.6 Å². The number of hydrogen-bond donors (Lipinski definition) is 0. The van der Waals surface area contributed by atoms with Crippen LogP contribution in [0.5, 0.6) is 0 Å². The Balaban J connectivity index is 1.34. The van der Waals surface area contributed by atoms with Gasteiger partial charge in [-0.25, -0.2) is 18.6 Å². The zero-order valence-corrected chi connectivity index (χ0v) is 19.7. The van der Waals surface area contributed by atoms with Crippen LogP contribution < -0.4 is 0 Å². The number of halogens is 2. The number of thiazole rings is 1. The van der Waals surface area contributed by atoms with E-state index in [1.807, 2.05) is 31.4 Å². The van der Waals surface area contributed by atoms with E-state index in [9.17, 15) is 13.6 Å². The fourth-order valence-corrected chi connectivity index (χ4v) is 5.21. The van der Waals surface area contributed by atoms with Gasteiger partial charge in [0.1, 0.15) is 11.1 Å². The van der Waals surface area contributed by atoms with Gasteiger partial charge >= 0.3 is 6.09 Å². The first kappa shape index (κ1) is 21.8. The molecule has 0 atom stereocenters. The number of aryl methyl sites for hydroxylation is 1. The average Bonchev–Trinajstić information content (AvgIpc) is 3.42. The van der Waals surface area contributed by atoms with Crippen molar-refractivity contribution in [3.63, 3.8) is 0 Å². The van der Waals surface area contributed by atoms with Crippen LogP contribution in [0.25, 0.3) is 26.3 Å². The summed E-state index contributed by atoms with van der Waals surface area (Å²) < 4.78 is 38.1. The largest absolute Gasteiger partial charge is 0.444 e. The number of aromatic nitrogens is 4. The highest BCUT2D eigenvalue weighted by Gasteiger charge is 2.29. The summed E-state index contributed by atoms with van der Waals surface area (Å²) >= 11 is 1.32. The molecule has 1 amide bonds. The summed E-state index contributed by atoms with van der Waals surface area (Å²) in [5.41, 5.74) is 0.672. The van der Waals surface area contributed by atoms with Crippen LogP contribution in [-0.4, -0.2) is 48.8 Å². The number of carbonyl (C=O) groups is 1. The molecule has 10 heteroatoms. The van der Waals surface area contributed by atoms with Gasteiger partial charge in [0.2, 0.25) is 0 Å². The molecular weight excluding hydrogens is 448 g/mol. The van der Waals surface area contributed by atoms with Crippen molar-refractivity contribution in [2.24, 2.45) is 7.05 Å². The summed E-state index contributed by atoms with van der Waals surface area (Å²) in [5.74, 6) is -1.60. The predicted molar refractivity (Wildman–Crippen MR) is 122 cm³/mol. The zero-order chi connectivity index (χ0) is 23.5. The van der Waals surface area contributed by atoms with Gasteiger partial charge in [0, 0.05) is 55.6 Å². The van der Waals surface area contributed by atoms with Crippen LogP contribution in [0.3, 0.4) is 0 Å². The van der Waals surface area contributed by atoms with Crippen LogP contribution in [0.1, 0.15) is 45.2 Å². The third-order valence-electron chi connectivity index (χ3n) is 5.80. The van der Waals surface area contributed by atoms with Crippen LogP contribution in [0.4, 0.5) is 13.6 Å². The molecule has 174 valence electrons. The van der Waals surface area contributed by atoms with E-state index in [1.54, 1.807) is 30.4 Å². The molecule has 0 saturated carbocycles. The smallest absolute Gasteiger partial charge is 0.410 e. The first-order chi connectivity index (χ1) is 15.6. The second kappa shape index (κ2) is 7.79. The van der Waals surface area contributed by atoms with Gasteiger partial charge in [-0.1, -0.05) is 11.3 Å². The van der Waals surface area contributed by atoms with Crippen molar-refractivity contribution < 1.29 is 18.3 Å². The SMILES string of the molecule is Cn1cc2cc(-c3cn4cc(C5CCN(C(=O)OC(C)(C)C)CC5)nc4s3)c(F)c(F)c2n1. The molecule has 0 N–H and O–H groups in total. The summed E-state index contributed by atoms with van der Waals surface area (Å²) in [6.45, 7) is 6.81. The summed E-state index contributed by atoms with van der Waals surface area (Å²) in [7, 11) is 1.68. The molecular formula is C23H25F2N5O2S. The monoisotopic (exact) mass is 473 g/mol. The van der Waals surface area contributed by atoms with Crippen LogP contribution >= 0.6 is 11.3 Å². The second-order valence-corrected chi connectivity index (χ2v) is 10.5. The molecule has 1 aliphatic rings. The van der Waals surface area contributed by atoms with Crippen molar-refractivity contribution in [1.82, 2.24) is 24.1 Å². The number of benzene rings is 1. The fraction of sp³-hybridized carbons (Fsp3) is 0.435. The molecule has 0 radical (unpaired) electrons. The highest BCUT2D eigenvalue weighted by molar-refractivity contribution is 7.20. The third kappa shape index (κ3) is 4.07. The maximum Gasteiger partial charge on any atom is 0.410 e. The highest BCUT2D eigenvalue weighted by atomic mass is 32.1. The Labute approximate surface area is 193 Å². The molecule has 0 bridgehead atoms. The van der Waals surface area contributed by atoms with E-state index in [1.165, 1.54) is 16.0 Å². The molecule has 0 unspecified atom stereocenters. The molecule has 0 aliphatic carbocycles. The van der Waals surface area contributed by atoms with E-state index < -0.39 is 17.2 Å². The lowest BCUT2D eigenvalue weighted by molar-refractivity contribution is 0.0204. The van der Waals surface area contributed by atoms with Gasteiger partial charge in [-0.3, -0.25) is 9.08 Å². The molecule has 1 aliphatic heterocycles. The summed E-state index contributed by atoms with van der Waals surface area (Å²) in [6, 6.07) is 1.62. The summed E-state index contributed by atoms with van der Waals surface area (Å²) in [6.07, 6.45) is 6.72. The van der Waals surface area contributed by atoms with E-state index in [0.717, 1.165) is 23.5 Å². The lowest BCUT2D eigenvalue weighted by atomic mass is 9.94. The van der Waals surface area contributed by atoms with E-state index in [2.05, 4.69) is 5.10 Å². The Morgan fingerprint density at radius 2 is 1.88 bits per heavy atom. The number of imidazole rings is 1. The van der Waals surface area contributed by atoms with Crippen LogP contribution in [0.15, 0.2) is 24.7 Å². The quantitative estimate of drug-likeness (QED) is 0.394. The maximum atomic E-state index is 14.7. The minimum atomic E-state index is -0.938. The topological polar surface area (TPSA) is 64.7 Å². The minimum absolute atomic E-state index is 0.0279. The van der Waals surface area contributed by atoms with Gasteiger partial charge in [-0.05, 0) is 39.7 Å². The summed E-state index contributed by atoms with van der Waals surface area (Å²) in [5, 5.41) is 4.54. The normalized spacial score (nSPS) is 15.6. The standard InChI is InChI=1S/C23H25F2N5O2S/c1-23(2,3)32-22(31)29-7-5-13(6-8-29)16-11-30-12-17(33-21(30)26-16)15-9-14-10-28(4)27-20(14)19(25)18(15)24/h9-13H,5-8H2,1-4H3. The van der Waals surface area contributed by atoms with Crippen molar-refractivity contribution in [2.45, 2.75) is 45.1 Å². The van der Waals surface area contributed by atoms with Gasteiger partial charge in [0.25, 0.3) is 0 Å². The van der Waals surface area contributed by atoms with E-state index in [0.29, 0.717) is 23.4 Å². The fourth-order valence-electron chi connectivity index (χ4n) is 4.22. The first-order valence-corrected chi connectivity index (χ1v) is 11.7. The third-order valence-corrected chi connectivity index (χ3v) is 6.83. The van der Waals surface area contributed by atoms with Crippen molar-refractivity contribution >= 4 is 33.3 Å². The van der Waals surface area contributed by atoms with Gasteiger partial charge in [0.15, 0.2) is 16.6 Å². The molecule has 1 fully saturated rings. The summed E-state index contributed by atoms with van der Waals surface area (Å²) in [4.78, 5) is 20.1. The molecule has 7 nitrogen and oxygen atoms in total. The Morgan fingerprint density at radius 3 is 2.55 bits per heavy atom. The number of fused-ring (bicyclic) bond motifs is 2. The Kier molecular flexibility index (Phi) is 5.15. The number of rotatable bonds is 2. The Bertz CT molecular complexity index is 1330. The van der Waals surface area contributed by atoms with Gasteiger partial charge < -0.3 is 9.64 Å². The Hall–Kier alpha value is -3.01. The maximum absolute atomic E-state index is 14.7. The average molecular weight is 474 g/mol. The highest BCUT2D eigenvalue weighted by Crippen LogP contribution is 2.36. The molecule has 4 heterocycles. The van der Waals surface area contributed by atoms with Crippen LogP contribution in [0, 0.1) is 11.6 Å². The van der Waals surface area contributed by atoms with Crippen LogP contribution in [-0.2, 0) is 11.8 Å². The predicted octanol–water partition coefficient (Wildman–Crippen LogP) is 5.34. The van der Waals surface area contributed by atoms with Gasteiger partial charge in [-0.15, -0.1) is 0 Å². The second-order valence-electron chi connectivity index (χ2n) is 9.49. The molecule has 1 saturated heterocycles. The number of likely N-dealkylation sites (tertiary alicyclic amines) is 1. The van der Waals surface area contributed by atoms with E-state index in [-0.39, 0.29) is 23.1 Å². The number of nitrogens with zero attached hydrogens (tertiary/aromatic N) is 5. The number of carbonyl (C=O) groups excluding carboxylic acids is 1. The molecule has 0 spiro atoms. The number of amides is 1. The minimum Gasteiger partial charge on any atom is -0.444 e. The zero-order valence-electron chi connectivity index (χ0n) is 18.9. The molecule has 3 aromatic heterocycles. The van der Waals surface area contributed by atoms with Crippen LogP contribution in [0.2, 0.25) is 0 Å². The molecule has 33 heavy (non-hydrogen) atoms. The first-order valence-electron chi connectivity index (χ1n) is 10.9. The lowest BCUT2D eigenvalue weighted by Gasteiger charge is -2.32. The van der Waals surface area contributed by atoms with E-state index in [4.69, 9.17) is 9.72 Å². The number of piperidine rings is 1. The molecule has 5 rings (SSSR count).